The quantitative estimate of drug-likeness (QED) is 0.835. The standard InChI is InChI=1S/C15H22N2OS/c1-5-10-16-14(19)17-13(18)11-6-8-12(9-7-11)15(2,3)4/h6-9H,5,10H2,1-4H3,(H2,16,17,18,19). The van der Waals surface area contributed by atoms with E-state index in [1.807, 2.05) is 31.2 Å². The Labute approximate surface area is 120 Å². The monoisotopic (exact) mass is 278 g/mol. The van der Waals surface area contributed by atoms with Crippen molar-refractivity contribution in [1.29, 1.82) is 0 Å². The van der Waals surface area contributed by atoms with Crippen LogP contribution in [0.15, 0.2) is 24.3 Å². The second-order valence-electron chi connectivity index (χ2n) is 5.54. The first-order valence-electron chi connectivity index (χ1n) is 6.54. The number of nitrogens with one attached hydrogen (secondary N) is 2. The summed E-state index contributed by atoms with van der Waals surface area (Å²) in [5.74, 6) is -0.172. The first-order valence-corrected chi connectivity index (χ1v) is 6.95. The molecule has 3 nitrogen and oxygen atoms in total. The Morgan fingerprint density at radius 1 is 1.21 bits per heavy atom. The van der Waals surface area contributed by atoms with E-state index in [9.17, 15) is 4.79 Å². The number of hydrogen-bond acceptors (Lipinski definition) is 2. The molecule has 1 aromatic carbocycles. The third-order valence-corrected chi connectivity index (χ3v) is 3.02. The van der Waals surface area contributed by atoms with Crippen LogP contribution in [0, 0.1) is 0 Å². The third-order valence-electron chi connectivity index (χ3n) is 2.78. The SMILES string of the molecule is CCCNC(=S)NC(=O)c1ccc(C(C)(C)C)cc1. The summed E-state index contributed by atoms with van der Waals surface area (Å²) >= 11 is 5.04. The van der Waals surface area contributed by atoms with Crippen molar-refractivity contribution in [3.63, 3.8) is 0 Å². The molecule has 0 spiro atoms. The summed E-state index contributed by atoms with van der Waals surface area (Å²) in [6, 6.07) is 7.63. The van der Waals surface area contributed by atoms with Gasteiger partial charge in [-0.05, 0) is 41.7 Å². The number of carbonyl (C=O) groups is 1. The van der Waals surface area contributed by atoms with Crippen molar-refractivity contribution in [3.8, 4) is 0 Å². The summed E-state index contributed by atoms with van der Waals surface area (Å²) < 4.78 is 0. The highest BCUT2D eigenvalue weighted by molar-refractivity contribution is 7.80. The minimum Gasteiger partial charge on any atom is -0.362 e. The normalized spacial score (nSPS) is 10.9. The predicted octanol–water partition coefficient (Wildman–Crippen LogP) is 3.00. The fourth-order valence-electron chi connectivity index (χ4n) is 1.58. The van der Waals surface area contributed by atoms with Crippen LogP contribution in [0.25, 0.3) is 0 Å². The van der Waals surface area contributed by atoms with Crippen LogP contribution in [-0.4, -0.2) is 17.6 Å². The second-order valence-corrected chi connectivity index (χ2v) is 5.95. The van der Waals surface area contributed by atoms with Gasteiger partial charge in [0.05, 0.1) is 0 Å². The van der Waals surface area contributed by atoms with E-state index >= 15 is 0 Å². The Hall–Kier alpha value is -1.42. The van der Waals surface area contributed by atoms with Gasteiger partial charge < -0.3 is 5.32 Å². The Morgan fingerprint density at radius 3 is 2.26 bits per heavy atom. The number of hydrogen-bond donors (Lipinski definition) is 2. The molecule has 0 saturated carbocycles. The van der Waals surface area contributed by atoms with Crippen LogP contribution in [0.2, 0.25) is 0 Å². The van der Waals surface area contributed by atoms with Crippen molar-refractivity contribution in [2.75, 3.05) is 6.54 Å². The summed E-state index contributed by atoms with van der Waals surface area (Å²) in [5, 5.41) is 6.02. The summed E-state index contributed by atoms with van der Waals surface area (Å²) in [7, 11) is 0. The summed E-state index contributed by atoms with van der Waals surface area (Å²) in [4.78, 5) is 11.9. The van der Waals surface area contributed by atoms with Crippen LogP contribution >= 0.6 is 12.2 Å². The van der Waals surface area contributed by atoms with Crippen molar-refractivity contribution in [2.24, 2.45) is 0 Å². The van der Waals surface area contributed by atoms with Gasteiger partial charge in [0.2, 0.25) is 0 Å². The van der Waals surface area contributed by atoms with Gasteiger partial charge in [-0.15, -0.1) is 0 Å². The van der Waals surface area contributed by atoms with Crippen LogP contribution < -0.4 is 10.6 Å². The molecule has 1 rings (SSSR count). The van der Waals surface area contributed by atoms with Crippen molar-refractivity contribution < 1.29 is 4.79 Å². The zero-order chi connectivity index (χ0) is 14.5. The first-order chi connectivity index (χ1) is 8.84. The maximum Gasteiger partial charge on any atom is 0.257 e. The molecule has 0 heterocycles. The molecule has 1 amide bonds. The summed E-state index contributed by atoms with van der Waals surface area (Å²) in [5.41, 5.74) is 1.91. The van der Waals surface area contributed by atoms with Crippen LogP contribution in [0.3, 0.4) is 0 Å². The largest absolute Gasteiger partial charge is 0.362 e. The molecule has 0 unspecified atom stereocenters. The molecule has 0 bridgehead atoms. The molecule has 2 N–H and O–H groups in total. The van der Waals surface area contributed by atoms with Crippen LogP contribution in [0.1, 0.15) is 50.0 Å². The molecular formula is C15H22N2OS. The number of carbonyl (C=O) groups excluding carboxylic acids is 1. The second kappa shape index (κ2) is 6.66. The highest BCUT2D eigenvalue weighted by Gasteiger charge is 2.14. The zero-order valence-corrected chi connectivity index (χ0v) is 12.9. The van der Waals surface area contributed by atoms with Crippen molar-refractivity contribution in [1.82, 2.24) is 10.6 Å². The lowest BCUT2D eigenvalue weighted by Gasteiger charge is -2.19. The maximum atomic E-state index is 11.9. The lowest BCUT2D eigenvalue weighted by molar-refractivity contribution is 0.0976. The lowest BCUT2D eigenvalue weighted by atomic mass is 9.87. The molecule has 0 aliphatic rings. The molecule has 0 aromatic heterocycles. The fraction of sp³-hybridized carbons (Fsp3) is 0.467. The highest BCUT2D eigenvalue weighted by Crippen LogP contribution is 2.22. The van der Waals surface area contributed by atoms with E-state index in [0.29, 0.717) is 10.7 Å². The van der Waals surface area contributed by atoms with E-state index in [1.165, 1.54) is 5.56 Å². The Bertz CT molecular complexity index is 446. The third kappa shape index (κ3) is 4.99. The fourth-order valence-corrected chi connectivity index (χ4v) is 1.77. The van der Waals surface area contributed by atoms with E-state index in [2.05, 4.69) is 31.4 Å². The highest BCUT2D eigenvalue weighted by atomic mass is 32.1. The lowest BCUT2D eigenvalue weighted by Crippen LogP contribution is -2.39. The average molecular weight is 278 g/mol. The minimum atomic E-state index is -0.172. The van der Waals surface area contributed by atoms with Gasteiger partial charge >= 0.3 is 0 Å². The first kappa shape index (κ1) is 15.6. The van der Waals surface area contributed by atoms with Crippen molar-refractivity contribution in [2.45, 2.75) is 39.5 Å². The van der Waals surface area contributed by atoms with Crippen LogP contribution in [0.5, 0.6) is 0 Å². The minimum absolute atomic E-state index is 0.0903. The molecule has 1 aromatic rings. The average Bonchev–Trinajstić information content (AvgIpc) is 2.35. The molecule has 0 fully saturated rings. The van der Waals surface area contributed by atoms with Gasteiger partial charge in [-0.3, -0.25) is 10.1 Å². The smallest absolute Gasteiger partial charge is 0.257 e. The van der Waals surface area contributed by atoms with Gasteiger partial charge in [0.25, 0.3) is 5.91 Å². The number of benzene rings is 1. The molecule has 0 aliphatic heterocycles. The van der Waals surface area contributed by atoms with Gasteiger partial charge in [-0.2, -0.15) is 0 Å². The van der Waals surface area contributed by atoms with Gasteiger partial charge in [0, 0.05) is 12.1 Å². The van der Waals surface area contributed by atoms with E-state index in [0.717, 1.165) is 13.0 Å². The molecule has 0 saturated heterocycles. The summed E-state index contributed by atoms with van der Waals surface area (Å²) in [6.07, 6.45) is 0.969. The van der Waals surface area contributed by atoms with Crippen molar-refractivity contribution >= 4 is 23.2 Å². The van der Waals surface area contributed by atoms with Crippen LogP contribution in [-0.2, 0) is 5.41 Å². The van der Waals surface area contributed by atoms with Gasteiger partial charge in [0.15, 0.2) is 5.11 Å². The molecule has 19 heavy (non-hydrogen) atoms. The van der Waals surface area contributed by atoms with E-state index < -0.39 is 0 Å². The molecule has 4 heteroatoms. The van der Waals surface area contributed by atoms with Crippen molar-refractivity contribution in [3.05, 3.63) is 35.4 Å². The van der Waals surface area contributed by atoms with Gasteiger partial charge in [0.1, 0.15) is 0 Å². The summed E-state index contributed by atoms with van der Waals surface area (Å²) in [6.45, 7) is 9.24. The maximum absolute atomic E-state index is 11.9. The number of rotatable bonds is 3. The van der Waals surface area contributed by atoms with Crippen LogP contribution in [0.4, 0.5) is 0 Å². The van der Waals surface area contributed by atoms with E-state index in [1.54, 1.807) is 0 Å². The van der Waals surface area contributed by atoms with E-state index in [4.69, 9.17) is 12.2 Å². The zero-order valence-electron chi connectivity index (χ0n) is 12.0. The molecule has 0 aliphatic carbocycles. The Kier molecular flexibility index (Phi) is 5.48. The van der Waals surface area contributed by atoms with Gasteiger partial charge in [-0.25, -0.2) is 0 Å². The molecule has 0 atom stereocenters. The Morgan fingerprint density at radius 2 is 1.79 bits per heavy atom. The van der Waals surface area contributed by atoms with E-state index in [-0.39, 0.29) is 11.3 Å². The predicted molar refractivity (Wildman–Crippen MR) is 83.5 cm³/mol. The Balaban J connectivity index is 2.66. The number of thiocarbonyl (C=S) groups is 1. The topological polar surface area (TPSA) is 41.1 Å². The van der Waals surface area contributed by atoms with Gasteiger partial charge in [-0.1, -0.05) is 39.8 Å². The number of amides is 1. The molecule has 0 radical (unpaired) electrons. The molecule has 104 valence electrons. The molecular weight excluding hydrogens is 256 g/mol.